The Balaban J connectivity index is 2.45. The van der Waals surface area contributed by atoms with E-state index in [1.54, 1.807) is 0 Å². The molecule has 0 aromatic carbocycles. The van der Waals surface area contributed by atoms with Gasteiger partial charge in [-0.05, 0) is 51.9 Å². The number of nitrogens with zero attached hydrogens (tertiary/aromatic N) is 1. The fourth-order valence-corrected chi connectivity index (χ4v) is 2.31. The summed E-state index contributed by atoms with van der Waals surface area (Å²) < 4.78 is 0. The van der Waals surface area contributed by atoms with Gasteiger partial charge in [-0.1, -0.05) is 13.8 Å². The van der Waals surface area contributed by atoms with E-state index >= 15 is 0 Å². The van der Waals surface area contributed by atoms with Gasteiger partial charge >= 0.3 is 0 Å². The van der Waals surface area contributed by atoms with Crippen molar-refractivity contribution >= 4 is 0 Å². The van der Waals surface area contributed by atoms with Crippen molar-refractivity contribution in [2.24, 2.45) is 11.8 Å². The molecule has 0 aromatic heterocycles. The van der Waals surface area contributed by atoms with Gasteiger partial charge < -0.3 is 10.2 Å². The average molecular weight is 184 g/mol. The molecule has 13 heavy (non-hydrogen) atoms. The fraction of sp³-hybridized carbons (Fsp3) is 1.00. The molecule has 1 aliphatic rings. The van der Waals surface area contributed by atoms with E-state index in [2.05, 4.69) is 38.2 Å². The first-order chi connectivity index (χ1) is 6.11. The first kappa shape index (κ1) is 11.0. The Bertz CT molecular complexity index is 137. The molecule has 0 aliphatic carbocycles. The lowest BCUT2D eigenvalue weighted by atomic mass is 9.90. The SMILES string of the molecule is CC(C)CC(C1CCNC1)N(C)C. The summed E-state index contributed by atoms with van der Waals surface area (Å²) in [5.74, 6) is 1.69. The maximum absolute atomic E-state index is 3.45. The van der Waals surface area contributed by atoms with Gasteiger partial charge in [0, 0.05) is 6.04 Å². The average Bonchev–Trinajstić information content (AvgIpc) is 2.50. The third-order valence-corrected chi connectivity index (χ3v) is 3.02. The lowest BCUT2D eigenvalue weighted by molar-refractivity contribution is 0.189. The zero-order valence-corrected chi connectivity index (χ0v) is 9.51. The molecule has 2 atom stereocenters. The monoisotopic (exact) mass is 184 g/mol. The molecule has 0 spiro atoms. The molecule has 0 bridgehead atoms. The minimum Gasteiger partial charge on any atom is -0.316 e. The maximum atomic E-state index is 3.45. The van der Waals surface area contributed by atoms with Gasteiger partial charge in [0.15, 0.2) is 0 Å². The summed E-state index contributed by atoms with van der Waals surface area (Å²) in [6, 6.07) is 0.773. The Labute approximate surface area is 82.7 Å². The third-order valence-electron chi connectivity index (χ3n) is 3.02. The van der Waals surface area contributed by atoms with Gasteiger partial charge in [0.1, 0.15) is 0 Å². The molecule has 0 amide bonds. The standard InChI is InChI=1S/C11H24N2/c1-9(2)7-11(13(3)4)10-5-6-12-8-10/h9-12H,5-8H2,1-4H3. The summed E-state index contributed by atoms with van der Waals surface area (Å²) in [7, 11) is 4.43. The molecule has 1 aliphatic heterocycles. The Morgan fingerprint density at radius 1 is 1.38 bits per heavy atom. The topological polar surface area (TPSA) is 15.3 Å². The molecular formula is C11H24N2. The first-order valence-electron chi connectivity index (χ1n) is 5.48. The summed E-state index contributed by atoms with van der Waals surface area (Å²) in [6.07, 6.45) is 2.69. The quantitative estimate of drug-likeness (QED) is 0.713. The van der Waals surface area contributed by atoms with Crippen LogP contribution in [0.4, 0.5) is 0 Å². The van der Waals surface area contributed by atoms with Crippen molar-refractivity contribution in [3.63, 3.8) is 0 Å². The van der Waals surface area contributed by atoms with Crippen LogP contribution in [0.5, 0.6) is 0 Å². The lowest BCUT2D eigenvalue weighted by Crippen LogP contribution is -2.37. The van der Waals surface area contributed by atoms with Crippen molar-refractivity contribution in [3.8, 4) is 0 Å². The van der Waals surface area contributed by atoms with Gasteiger partial charge in [0.05, 0.1) is 0 Å². The molecule has 0 radical (unpaired) electrons. The zero-order valence-electron chi connectivity index (χ0n) is 9.51. The highest BCUT2D eigenvalue weighted by molar-refractivity contribution is 4.83. The van der Waals surface area contributed by atoms with Crippen molar-refractivity contribution in [2.75, 3.05) is 27.2 Å². The molecule has 1 fully saturated rings. The number of nitrogens with one attached hydrogen (secondary N) is 1. The van der Waals surface area contributed by atoms with Gasteiger partial charge in [0.2, 0.25) is 0 Å². The van der Waals surface area contributed by atoms with Crippen LogP contribution in [0.25, 0.3) is 0 Å². The minimum absolute atomic E-state index is 0.773. The van der Waals surface area contributed by atoms with E-state index in [1.165, 1.54) is 25.9 Å². The Morgan fingerprint density at radius 3 is 2.46 bits per heavy atom. The summed E-state index contributed by atoms with van der Waals surface area (Å²) in [5.41, 5.74) is 0. The third kappa shape index (κ3) is 3.28. The van der Waals surface area contributed by atoms with Crippen LogP contribution in [0.1, 0.15) is 26.7 Å². The summed E-state index contributed by atoms with van der Waals surface area (Å²) >= 11 is 0. The maximum Gasteiger partial charge on any atom is 0.0132 e. The highest BCUT2D eigenvalue weighted by atomic mass is 15.1. The Morgan fingerprint density at radius 2 is 2.08 bits per heavy atom. The van der Waals surface area contributed by atoms with Crippen molar-refractivity contribution in [1.82, 2.24) is 10.2 Å². The van der Waals surface area contributed by atoms with Gasteiger partial charge in [-0.2, -0.15) is 0 Å². The fourth-order valence-electron chi connectivity index (χ4n) is 2.31. The van der Waals surface area contributed by atoms with Gasteiger partial charge in [-0.3, -0.25) is 0 Å². The van der Waals surface area contributed by atoms with E-state index in [0.29, 0.717) is 0 Å². The predicted molar refractivity (Wildman–Crippen MR) is 57.9 cm³/mol. The van der Waals surface area contributed by atoms with Crippen molar-refractivity contribution in [3.05, 3.63) is 0 Å². The predicted octanol–water partition coefficient (Wildman–Crippen LogP) is 1.57. The lowest BCUT2D eigenvalue weighted by Gasteiger charge is -2.30. The second-order valence-electron chi connectivity index (χ2n) is 4.91. The molecule has 1 N–H and O–H groups in total. The Kier molecular flexibility index (Phi) is 4.20. The molecule has 0 aromatic rings. The number of rotatable bonds is 4. The van der Waals surface area contributed by atoms with Crippen LogP contribution in [0.2, 0.25) is 0 Å². The molecule has 0 saturated carbocycles. The van der Waals surface area contributed by atoms with Crippen LogP contribution in [0.15, 0.2) is 0 Å². The summed E-state index contributed by atoms with van der Waals surface area (Å²) in [4.78, 5) is 2.40. The van der Waals surface area contributed by atoms with E-state index in [4.69, 9.17) is 0 Å². The van der Waals surface area contributed by atoms with E-state index in [-0.39, 0.29) is 0 Å². The van der Waals surface area contributed by atoms with Crippen LogP contribution < -0.4 is 5.32 Å². The first-order valence-corrected chi connectivity index (χ1v) is 5.48. The molecule has 2 unspecified atom stereocenters. The van der Waals surface area contributed by atoms with E-state index in [9.17, 15) is 0 Å². The Hall–Kier alpha value is -0.0800. The van der Waals surface area contributed by atoms with Crippen molar-refractivity contribution in [2.45, 2.75) is 32.7 Å². The van der Waals surface area contributed by atoms with Gasteiger partial charge in [-0.15, -0.1) is 0 Å². The van der Waals surface area contributed by atoms with Gasteiger partial charge in [0.25, 0.3) is 0 Å². The molecule has 1 saturated heterocycles. The van der Waals surface area contributed by atoms with E-state index in [0.717, 1.165) is 17.9 Å². The molecule has 1 rings (SSSR count). The van der Waals surface area contributed by atoms with E-state index < -0.39 is 0 Å². The number of hydrogen-bond donors (Lipinski definition) is 1. The van der Waals surface area contributed by atoms with Crippen molar-refractivity contribution < 1.29 is 0 Å². The molecule has 1 heterocycles. The van der Waals surface area contributed by atoms with Crippen LogP contribution >= 0.6 is 0 Å². The van der Waals surface area contributed by atoms with Gasteiger partial charge in [-0.25, -0.2) is 0 Å². The molecular weight excluding hydrogens is 160 g/mol. The zero-order chi connectivity index (χ0) is 9.84. The highest BCUT2D eigenvalue weighted by Crippen LogP contribution is 2.22. The summed E-state index contributed by atoms with van der Waals surface area (Å²) in [6.45, 7) is 7.07. The number of hydrogen-bond acceptors (Lipinski definition) is 2. The van der Waals surface area contributed by atoms with Crippen molar-refractivity contribution in [1.29, 1.82) is 0 Å². The van der Waals surface area contributed by atoms with Crippen LogP contribution in [0.3, 0.4) is 0 Å². The van der Waals surface area contributed by atoms with Crippen LogP contribution in [-0.2, 0) is 0 Å². The van der Waals surface area contributed by atoms with Crippen LogP contribution in [-0.4, -0.2) is 38.1 Å². The second-order valence-corrected chi connectivity index (χ2v) is 4.91. The smallest absolute Gasteiger partial charge is 0.0132 e. The largest absolute Gasteiger partial charge is 0.316 e. The highest BCUT2D eigenvalue weighted by Gasteiger charge is 2.26. The minimum atomic E-state index is 0.773. The summed E-state index contributed by atoms with van der Waals surface area (Å²) in [5, 5.41) is 3.45. The van der Waals surface area contributed by atoms with E-state index in [1.807, 2.05) is 0 Å². The molecule has 2 nitrogen and oxygen atoms in total. The van der Waals surface area contributed by atoms with Crippen LogP contribution in [0, 0.1) is 11.8 Å². The second kappa shape index (κ2) is 4.97. The normalized spacial score (nSPS) is 25.8. The molecule has 78 valence electrons. The molecule has 2 heteroatoms.